The van der Waals surface area contributed by atoms with Crippen LogP contribution in [0.1, 0.15) is 22.1 Å². The van der Waals surface area contributed by atoms with Crippen molar-refractivity contribution in [3.8, 4) is 0 Å². The van der Waals surface area contributed by atoms with Gasteiger partial charge in [0, 0.05) is 0 Å². The Morgan fingerprint density at radius 1 is 1.56 bits per heavy atom. The van der Waals surface area contributed by atoms with Crippen molar-refractivity contribution in [2.24, 2.45) is 0 Å². The molecule has 0 saturated carbocycles. The van der Waals surface area contributed by atoms with E-state index in [0.29, 0.717) is 17.4 Å². The lowest BCUT2D eigenvalue weighted by Crippen LogP contribution is -2.07. The van der Waals surface area contributed by atoms with E-state index in [4.69, 9.17) is 21.2 Å². The summed E-state index contributed by atoms with van der Waals surface area (Å²) in [5.41, 5.74) is 0.432. The van der Waals surface area contributed by atoms with Crippen LogP contribution < -0.4 is 5.32 Å². The second-order valence-corrected chi connectivity index (χ2v) is 3.96. The van der Waals surface area contributed by atoms with Crippen molar-refractivity contribution >= 4 is 23.3 Å². The maximum absolute atomic E-state index is 11.1. The first-order chi connectivity index (χ1) is 8.58. The number of aromatic nitrogens is 2. The number of halogens is 1. The Kier molecular flexibility index (Phi) is 3.47. The second kappa shape index (κ2) is 5.05. The Morgan fingerprint density at radius 3 is 2.94 bits per heavy atom. The molecule has 1 aromatic carbocycles. The molecule has 0 unspecified atom stereocenters. The van der Waals surface area contributed by atoms with E-state index in [1.54, 1.807) is 19.1 Å². The van der Waals surface area contributed by atoms with Gasteiger partial charge in [0.2, 0.25) is 5.89 Å². The van der Waals surface area contributed by atoms with Gasteiger partial charge in [-0.1, -0.05) is 22.8 Å². The number of nitrogens with one attached hydrogen (secondary N) is 1. The fourth-order valence-corrected chi connectivity index (χ4v) is 1.73. The van der Waals surface area contributed by atoms with Gasteiger partial charge in [-0.15, -0.1) is 0 Å². The number of anilines is 1. The van der Waals surface area contributed by atoms with Gasteiger partial charge in [-0.05, 0) is 19.1 Å². The van der Waals surface area contributed by atoms with Crippen molar-refractivity contribution in [2.75, 3.05) is 5.32 Å². The first kappa shape index (κ1) is 12.4. The quantitative estimate of drug-likeness (QED) is 0.884. The summed E-state index contributed by atoms with van der Waals surface area (Å²) in [5, 5.41) is 15.8. The maximum atomic E-state index is 11.1. The third-order valence-corrected chi connectivity index (χ3v) is 2.54. The molecule has 18 heavy (non-hydrogen) atoms. The maximum Gasteiger partial charge on any atom is 0.339 e. The number of nitrogens with zero attached hydrogens (tertiary/aromatic N) is 2. The Hall–Kier alpha value is -2.08. The molecule has 7 heteroatoms. The number of carbonyl (C=O) groups is 1. The number of hydrogen-bond donors (Lipinski definition) is 2. The van der Waals surface area contributed by atoms with Crippen LogP contribution in [0.2, 0.25) is 5.02 Å². The highest BCUT2D eigenvalue weighted by Gasteiger charge is 2.14. The van der Waals surface area contributed by atoms with Crippen molar-refractivity contribution in [2.45, 2.75) is 13.5 Å². The van der Waals surface area contributed by atoms with E-state index in [-0.39, 0.29) is 17.1 Å². The molecule has 2 N–H and O–H groups in total. The van der Waals surface area contributed by atoms with Crippen molar-refractivity contribution in [1.29, 1.82) is 0 Å². The van der Waals surface area contributed by atoms with Crippen LogP contribution in [0.3, 0.4) is 0 Å². The minimum absolute atomic E-state index is 0.0235. The molecule has 0 amide bonds. The number of hydrogen-bond acceptors (Lipinski definition) is 5. The fraction of sp³-hybridized carbons (Fsp3) is 0.182. The number of benzene rings is 1. The van der Waals surface area contributed by atoms with Crippen LogP contribution in [-0.2, 0) is 6.54 Å². The molecule has 0 spiro atoms. The normalized spacial score (nSPS) is 10.3. The van der Waals surface area contributed by atoms with Gasteiger partial charge < -0.3 is 14.9 Å². The summed E-state index contributed by atoms with van der Waals surface area (Å²) in [6.45, 7) is 1.94. The third-order valence-electron chi connectivity index (χ3n) is 2.23. The largest absolute Gasteiger partial charge is 0.478 e. The fourth-order valence-electron chi connectivity index (χ4n) is 1.47. The molecule has 0 bridgehead atoms. The summed E-state index contributed by atoms with van der Waals surface area (Å²) < 4.78 is 4.91. The van der Waals surface area contributed by atoms with Gasteiger partial charge in [0.1, 0.15) is 5.56 Å². The lowest BCUT2D eigenvalue weighted by atomic mass is 10.2. The lowest BCUT2D eigenvalue weighted by Gasteiger charge is -2.08. The number of carboxylic acids is 1. The Labute approximate surface area is 108 Å². The summed E-state index contributed by atoms with van der Waals surface area (Å²) in [4.78, 5) is 15.1. The second-order valence-electron chi connectivity index (χ2n) is 3.56. The monoisotopic (exact) mass is 267 g/mol. The van der Waals surface area contributed by atoms with Crippen LogP contribution in [0.15, 0.2) is 22.7 Å². The standard InChI is InChI=1S/C11H10ClN3O3/c1-6-14-9(18-15-6)5-13-8-4-2-3-7(12)10(8)11(16)17/h2-4,13H,5H2,1H3,(H,16,17). The summed E-state index contributed by atoms with van der Waals surface area (Å²) in [7, 11) is 0. The van der Waals surface area contributed by atoms with Gasteiger partial charge in [0.05, 0.1) is 17.3 Å². The predicted octanol–water partition coefficient (Wildman–Crippen LogP) is 2.34. The van der Waals surface area contributed by atoms with Gasteiger partial charge >= 0.3 is 5.97 Å². The van der Waals surface area contributed by atoms with E-state index in [1.807, 2.05) is 0 Å². The molecule has 0 aliphatic carbocycles. The first-order valence-corrected chi connectivity index (χ1v) is 5.50. The molecule has 2 rings (SSSR count). The van der Waals surface area contributed by atoms with Crippen LogP contribution in [-0.4, -0.2) is 21.2 Å². The first-order valence-electron chi connectivity index (χ1n) is 5.13. The zero-order valence-corrected chi connectivity index (χ0v) is 10.2. The van der Waals surface area contributed by atoms with Gasteiger partial charge in [-0.25, -0.2) is 4.79 Å². The third kappa shape index (κ3) is 2.60. The van der Waals surface area contributed by atoms with Crippen molar-refractivity contribution < 1.29 is 14.4 Å². The van der Waals surface area contributed by atoms with Crippen LogP contribution in [0.5, 0.6) is 0 Å². The molecule has 0 atom stereocenters. The molecule has 94 valence electrons. The lowest BCUT2D eigenvalue weighted by molar-refractivity contribution is 0.0698. The zero-order valence-electron chi connectivity index (χ0n) is 9.48. The highest BCUT2D eigenvalue weighted by molar-refractivity contribution is 6.34. The molecule has 0 aliphatic rings. The van der Waals surface area contributed by atoms with E-state index in [2.05, 4.69) is 15.5 Å². The topological polar surface area (TPSA) is 88.2 Å². The average molecular weight is 268 g/mol. The molecule has 2 aromatic rings. The number of carboxylic acid groups (broad SMARTS) is 1. The molecule has 0 saturated heterocycles. The highest BCUT2D eigenvalue weighted by Crippen LogP contribution is 2.24. The molecule has 1 heterocycles. The summed E-state index contributed by atoms with van der Waals surface area (Å²) in [5.74, 6) is -0.190. The number of rotatable bonds is 4. The van der Waals surface area contributed by atoms with Crippen molar-refractivity contribution in [3.63, 3.8) is 0 Å². The minimum atomic E-state index is -1.09. The minimum Gasteiger partial charge on any atom is -0.478 e. The smallest absolute Gasteiger partial charge is 0.339 e. The van der Waals surface area contributed by atoms with Crippen molar-refractivity contribution in [1.82, 2.24) is 10.1 Å². The van der Waals surface area contributed by atoms with E-state index in [0.717, 1.165) is 0 Å². The molecule has 0 fully saturated rings. The van der Waals surface area contributed by atoms with Gasteiger partial charge in [0.25, 0.3) is 0 Å². The van der Waals surface area contributed by atoms with Gasteiger partial charge in [0.15, 0.2) is 5.82 Å². The summed E-state index contributed by atoms with van der Waals surface area (Å²) >= 11 is 5.84. The summed E-state index contributed by atoms with van der Waals surface area (Å²) in [6.07, 6.45) is 0. The van der Waals surface area contributed by atoms with E-state index in [1.165, 1.54) is 6.07 Å². The number of aryl methyl sites for hydroxylation is 1. The van der Waals surface area contributed by atoms with E-state index in [9.17, 15) is 4.79 Å². The number of aromatic carboxylic acids is 1. The van der Waals surface area contributed by atoms with Crippen LogP contribution in [0.25, 0.3) is 0 Å². The van der Waals surface area contributed by atoms with Crippen LogP contribution in [0, 0.1) is 6.92 Å². The molecule has 6 nitrogen and oxygen atoms in total. The van der Waals surface area contributed by atoms with Gasteiger partial charge in [-0.2, -0.15) is 4.98 Å². The van der Waals surface area contributed by atoms with E-state index < -0.39 is 5.97 Å². The predicted molar refractivity (Wildman–Crippen MR) is 64.8 cm³/mol. The molecule has 0 radical (unpaired) electrons. The molecular formula is C11H10ClN3O3. The Bertz CT molecular complexity index is 583. The summed E-state index contributed by atoms with van der Waals surface area (Å²) in [6, 6.07) is 4.81. The Balaban J connectivity index is 2.19. The van der Waals surface area contributed by atoms with Crippen molar-refractivity contribution in [3.05, 3.63) is 40.5 Å². The van der Waals surface area contributed by atoms with Crippen LogP contribution >= 0.6 is 11.6 Å². The Morgan fingerprint density at radius 2 is 2.33 bits per heavy atom. The van der Waals surface area contributed by atoms with Gasteiger partial charge in [-0.3, -0.25) is 0 Å². The zero-order chi connectivity index (χ0) is 13.1. The average Bonchev–Trinajstić information content (AvgIpc) is 2.72. The molecule has 0 aliphatic heterocycles. The highest BCUT2D eigenvalue weighted by atomic mass is 35.5. The SMILES string of the molecule is Cc1noc(CNc2cccc(Cl)c2C(=O)O)n1. The molecule has 1 aromatic heterocycles. The van der Waals surface area contributed by atoms with E-state index >= 15 is 0 Å². The molecular weight excluding hydrogens is 258 g/mol. The van der Waals surface area contributed by atoms with Crippen LogP contribution in [0.4, 0.5) is 5.69 Å².